The van der Waals surface area contributed by atoms with Gasteiger partial charge < -0.3 is 0 Å². The molecule has 74 valence electrons. The molecule has 0 spiro atoms. The molecule has 2 aromatic rings. The molecule has 3 N–H and O–H groups in total. The first-order valence-electron chi connectivity index (χ1n) is 3.57. The molecule has 8 heteroatoms. The molecule has 0 fully saturated rings. The lowest BCUT2D eigenvalue weighted by molar-refractivity contribution is 0.583. The quantitative estimate of drug-likeness (QED) is 0.552. The summed E-state index contributed by atoms with van der Waals surface area (Å²) in [6.07, 6.45) is 1.55. The number of sulfonamides is 1. The van der Waals surface area contributed by atoms with Crippen LogP contribution in [0.2, 0.25) is 0 Å². The zero-order valence-electron chi connectivity index (χ0n) is 6.84. The van der Waals surface area contributed by atoms with E-state index in [1.54, 1.807) is 23.2 Å². The molecule has 0 radical (unpaired) electrons. The van der Waals surface area contributed by atoms with E-state index in [-0.39, 0.29) is 4.34 Å². The van der Waals surface area contributed by atoms with Crippen LogP contribution in [0, 0.1) is 0 Å². The maximum absolute atomic E-state index is 11.3. The van der Waals surface area contributed by atoms with Crippen molar-refractivity contribution in [3.63, 3.8) is 0 Å². The number of hydrazine groups is 1. The Labute approximate surface area is 83.8 Å². The van der Waals surface area contributed by atoms with Crippen molar-refractivity contribution in [2.45, 2.75) is 4.34 Å². The summed E-state index contributed by atoms with van der Waals surface area (Å²) in [7, 11) is -3.66. The van der Waals surface area contributed by atoms with E-state index in [9.17, 15) is 8.42 Å². The molecule has 0 aromatic carbocycles. The van der Waals surface area contributed by atoms with Crippen LogP contribution in [-0.2, 0) is 10.0 Å². The fourth-order valence-corrected chi connectivity index (χ4v) is 2.73. The van der Waals surface area contributed by atoms with Gasteiger partial charge in [-0.1, -0.05) is 11.3 Å². The number of nitrogens with two attached hydrogens (primary N) is 1. The summed E-state index contributed by atoms with van der Waals surface area (Å²) < 4.78 is 23.1. The highest BCUT2D eigenvalue weighted by atomic mass is 32.2. The van der Waals surface area contributed by atoms with Crippen molar-refractivity contribution in [1.82, 2.24) is 14.8 Å². The summed E-state index contributed by atoms with van der Waals surface area (Å²) in [5.41, 5.74) is 0.409. The Morgan fingerprint density at radius 3 is 2.93 bits per heavy atom. The monoisotopic (exact) mass is 230 g/mol. The molecule has 0 aliphatic rings. The lowest BCUT2D eigenvalue weighted by Gasteiger charge is -1.93. The van der Waals surface area contributed by atoms with Crippen LogP contribution in [0.1, 0.15) is 0 Å². The summed E-state index contributed by atoms with van der Waals surface area (Å²) in [4.78, 5) is 9.46. The van der Waals surface area contributed by atoms with Crippen molar-refractivity contribution < 1.29 is 8.42 Å². The topological polar surface area (TPSA) is 98.0 Å². The van der Waals surface area contributed by atoms with E-state index in [2.05, 4.69) is 9.97 Å². The van der Waals surface area contributed by atoms with Crippen molar-refractivity contribution in [3.8, 4) is 0 Å². The molecule has 0 amide bonds. The van der Waals surface area contributed by atoms with Gasteiger partial charge in [-0.3, -0.25) is 5.84 Å². The van der Waals surface area contributed by atoms with Gasteiger partial charge in [0.15, 0.2) is 5.65 Å². The van der Waals surface area contributed by atoms with Crippen LogP contribution in [0.4, 0.5) is 0 Å². The van der Waals surface area contributed by atoms with E-state index in [0.717, 1.165) is 11.3 Å². The molecular weight excluding hydrogens is 224 g/mol. The maximum Gasteiger partial charge on any atom is 0.280 e. The highest BCUT2D eigenvalue weighted by Crippen LogP contribution is 2.22. The van der Waals surface area contributed by atoms with Crippen molar-refractivity contribution in [2.24, 2.45) is 5.84 Å². The second kappa shape index (κ2) is 3.24. The highest BCUT2D eigenvalue weighted by Gasteiger charge is 2.17. The predicted octanol–water partition coefficient (Wildman–Crippen LogP) is -0.157. The van der Waals surface area contributed by atoms with Crippen LogP contribution in [-0.4, -0.2) is 18.4 Å². The predicted molar refractivity (Wildman–Crippen MR) is 51.9 cm³/mol. The van der Waals surface area contributed by atoms with Gasteiger partial charge in [0.25, 0.3) is 10.0 Å². The molecule has 2 aromatic heterocycles. The normalized spacial score (nSPS) is 12.1. The van der Waals surface area contributed by atoms with Gasteiger partial charge in [0.05, 0.1) is 4.70 Å². The van der Waals surface area contributed by atoms with E-state index < -0.39 is 10.0 Å². The number of hydrogen-bond donors (Lipinski definition) is 2. The van der Waals surface area contributed by atoms with Gasteiger partial charge in [0.1, 0.15) is 0 Å². The number of pyridine rings is 1. The van der Waals surface area contributed by atoms with E-state index in [1.807, 2.05) is 0 Å². The molecule has 14 heavy (non-hydrogen) atoms. The van der Waals surface area contributed by atoms with Crippen molar-refractivity contribution in [1.29, 1.82) is 0 Å². The number of nitrogens with zero attached hydrogens (tertiary/aromatic N) is 2. The second-order valence-electron chi connectivity index (χ2n) is 2.43. The average Bonchev–Trinajstić information content (AvgIpc) is 2.61. The van der Waals surface area contributed by atoms with Crippen LogP contribution < -0.4 is 10.7 Å². The molecule has 0 aliphatic heterocycles. The molecule has 0 saturated carbocycles. The van der Waals surface area contributed by atoms with Crippen molar-refractivity contribution in [2.75, 3.05) is 0 Å². The van der Waals surface area contributed by atoms with Gasteiger partial charge in [0, 0.05) is 6.20 Å². The van der Waals surface area contributed by atoms with Gasteiger partial charge in [-0.25, -0.2) is 18.4 Å². The first kappa shape index (κ1) is 9.46. The van der Waals surface area contributed by atoms with Crippen LogP contribution >= 0.6 is 11.3 Å². The molecule has 0 unspecified atom stereocenters. The minimum atomic E-state index is -3.66. The summed E-state index contributed by atoms with van der Waals surface area (Å²) in [5.74, 6) is 4.87. The van der Waals surface area contributed by atoms with Gasteiger partial charge in [-0.15, -0.1) is 4.83 Å². The number of aromatic nitrogens is 2. The lowest BCUT2D eigenvalue weighted by Crippen LogP contribution is -2.30. The summed E-state index contributed by atoms with van der Waals surface area (Å²) >= 11 is 1.02. The molecule has 0 saturated heterocycles. The molecular formula is C6H6N4O2S2. The Kier molecular flexibility index (Phi) is 2.19. The minimum Gasteiger partial charge on any atom is -0.257 e. The molecule has 6 nitrogen and oxygen atoms in total. The fourth-order valence-electron chi connectivity index (χ4n) is 0.915. The lowest BCUT2D eigenvalue weighted by atomic mass is 10.5. The Balaban J connectivity index is 2.67. The van der Waals surface area contributed by atoms with Crippen LogP contribution in [0.5, 0.6) is 0 Å². The second-order valence-corrected chi connectivity index (χ2v) is 5.34. The van der Waals surface area contributed by atoms with Gasteiger partial charge in [-0.05, 0) is 12.1 Å². The molecule has 0 aliphatic carbocycles. The Hall–Kier alpha value is -1.09. The summed E-state index contributed by atoms with van der Waals surface area (Å²) in [6.45, 7) is 0. The molecule has 0 bridgehead atoms. The van der Waals surface area contributed by atoms with Crippen LogP contribution in [0.25, 0.3) is 10.3 Å². The Bertz CT molecular complexity index is 529. The van der Waals surface area contributed by atoms with E-state index in [1.165, 1.54) is 0 Å². The Morgan fingerprint density at radius 2 is 2.29 bits per heavy atom. The number of fused-ring (bicyclic) bond motifs is 1. The minimum absolute atomic E-state index is 0.0753. The van der Waals surface area contributed by atoms with Crippen molar-refractivity contribution in [3.05, 3.63) is 18.3 Å². The molecule has 2 heterocycles. The smallest absolute Gasteiger partial charge is 0.257 e. The first-order chi connectivity index (χ1) is 6.63. The van der Waals surface area contributed by atoms with E-state index in [0.29, 0.717) is 10.3 Å². The third kappa shape index (κ3) is 1.48. The summed E-state index contributed by atoms with van der Waals surface area (Å²) in [5, 5.41) is 0. The molecule has 0 atom stereocenters. The number of hydrogen-bond acceptors (Lipinski definition) is 6. The van der Waals surface area contributed by atoms with Crippen molar-refractivity contribution >= 4 is 31.7 Å². The number of nitrogens with one attached hydrogen (secondary N) is 1. The zero-order valence-corrected chi connectivity index (χ0v) is 8.47. The van der Waals surface area contributed by atoms with Gasteiger partial charge in [0.2, 0.25) is 4.34 Å². The van der Waals surface area contributed by atoms with Crippen LogP contribution in [0.15, 0.2) is 22.7 Å². The average molecular weight is 230 g/mol. The van der Waals surface area contributed by atoms with Gasteiger partial charge >= 0.3 is 0 Å². The molecule has 2 rings (SSSR count). The first-order valence-corrected chi connectivity index (χ1v) is 5.87. The van der Waals surface area contributed by atoms with E-state index in [4.69, 9.17) is 5.84 Å². The maximum atomic E-state index is 11.3. The third-order valence-electron chi connectivity index (χ3n) is 1.53. The fraction of sp³-hybridized carbons (Fsp3) is 0. The number of thiazole rings is 1. The number of rotatable bonds is 2. The zero-order chi connectivity index (χ0) is 10.2. The Morgan fingerprint density at radius 1 is 1.50 bits per heavy atom. The standard InChI is InChI=1S/C6H6N4O2S2/c7-10-14(11,12)6-9-5-4(13-6)2-1-3-8-5/h1-3,10H,7H2. The van der Waals surface area contributed by atoms with E-state index >= 15 is 0 Å². The summed E-state index contributed by atoms with van der Waals surface area (Å²) in [6, 6.07) is 3.46. The third-order valence-corrected chi connectivity index (χ3v) is 4.10. The SMILES string of the molecule is NNS(=O)(=O)c1nc2ncccc2s1. The van der Waals surface area contributed by atoms with Gasteiger partial charge in [-0.2, -0.15) is 0 Å². The highest BCUT2D eigenvalue weighted by molar-refractivity contribution is 7.91. The largest absolute Gasteiger partial charge is 0.280 e. The van der Waals surface area contributed by atoms with Crippen LogP contribution in [0.3, 0.4) is 0 Å².